The van der Waals surface area contributed by atoms with Crippen LogP contribution in [0, 0.1) is 5.92 Å². The third-order valence-electron chi connectivity index (χ3n) is 3.48. The average Bonchev–Trinajstić information content (AvgIpc) is 2.65. The van der Waals surface area contributed by atoms with Gasteiger partial charge in [-0.25, -0.2) is 0 Å². The van der Waals surface area contributed by atoms with Gasteiger partial charge in [0.05, 0.1) is 0 Å². The van der Waals surface area contributed by atoms with Crippen LogP contribution in [0.5, 0.6) is 0 Å². The van der Waals surface area contributed by atoms with Gasteiger partial charge < -0.3 is 10.2 Å². The molecule has 1 fully saturated rings. The fourth-order valence-corrected chi connectivity index (χ4v) is 2.06. The van der Waals surface area contributed by atoms with Gasteiger partial charge in [0.15, 0.2) is 0 Å². The van der Waals surface area contributed by atoms with Gasteiger partial charge in [-0.15, -0.1) is 0 Å². The topological polar surface area (TPSA) is 15.3 Å². The minimum atomic E-state index is 0.680. The smallest absolute Gasteiger partial charge is 0.0107 e. The predicted octanol–water partition coefficient (Wildman–Crippen LogP) is 2.11. The molecule has 2 atom stereocenters. The summed E-state index contributed by atoms with van der Waals surface area (Å²) in [7, 11) is 0. The molecule has 0 bridgehead atoms. The average molecular weight is 198 g/mol. The molecule has 0 radical (unpaired) electrons. The molecule has 0 aliphatic carbocycles. The molecule has 1 N–H and O–H groups in total. The molecule has 14 heavy (non-hydrogen) atoms. The summed E-state index contributed by atoms with van der Waals surface area (Å²) in [6.45, 7) is 11.9. The highest BCUT2D eigenvalue weighted by atomic mass is 15.2. The molecule has 2 nitrogen and oxygen atoms in total. The summed E-state index contributed by atoms with van der Waals surface area (Å²) in [4.78, 5) is 2.60. The van der Waals surface area contributed by atoms with Crippen molar-refractivity contribution in [2.75, 3.05) is 26.2 Å². The molecule has 2 unspecified atom stereocenters. The Morgan fingerprint density at radius 3 is 2.79 bits per heavy atom. The van der Waals surface area contributed by atoms with E-state index in [1.54, 1.807) is 0 Å². The minimum Gasteiger partial charge on any atom is -0.313 e. The van der Waals surface area contributed by atoms with Crippen molar-refractivity contribution in [1.82, 2.24) is 10.2 Å². The Morgan fingerprint density at radius 1 is 1.43 bits per heavy atom. The van der Waals surface area contributed by atoms with Crippen LogP contribution in [0.4, 0.5) is 0 Å². The Morgan fingerprint density at radius 2 is 2.21 bits per heavy atom. The number of hydrogen-bond donors (Lipinski definition) is 1. The quantitative estimate of drug-likeness (QED) is 0.703. The Labute approximate surface area is 89.1 Å². The fourth-order valence-electron chi connectivity index (χ4n) is 2.06. The maximum absolute atomic E-state index is 3.55. The van der Waals surface area contributed by atoms with E-state index in [-0.39, 0.29) is 0 Å². The van der Waals surface area contributed by atoms with Crippen LogP contribution in [0.2, 0.25) is 0 Å². The van der Waals surface area contributed by atoms with Crippen LogP contribution in [0.15, 0.2) is 0 Å². The van der Waals surface area contributed by atoms with E-state index in [9.17, 15) is 0 Å². The van der Waals surface area contributed by atoms with Gasteiger partial charge in [0, 0.05) is 25.7 Å². The number of hydrogen-bond acceptors (Lipinski definition) is 2. The second kappa shape index (κ2) is 6.41. The molecule has 0 spiro atoms. The molecule has 0 amide bonds. The molecule has 0 aromatic heterocycles. The molecule has 1 aliphatic heterocycles. The maximum Gasteiger partial charge on any atom is 0.0107 e. The van der Waals surface area contributed by atoms with Gasteiger partial charge in [0.1, 0.15) is 0 Å². The summed E-state index contributed by atoms with van der Waals surface area (Å²) in [5, 5.41) is 3.55. The van der Waals surface area contributed by atoms with E-state index in [0.717, 1.165) is 12.5 Å². The van der Waals surface area contributed by atoms with Gasteiger partial charge in [-0.1, -0.05) is 20.3 Å². The van der Waals surface area contributed by atoms with Gasteiger partial charge >= 0.3 is 0 Å². The first-order valence-corrected chi connectivity index (χ1v) is 6.22. The van der Waals surface area contributed by atoms with Gasteiger partial charge in [-0.05, 0) is 32.2 Å². The second-order valence-electron chi connectivity index (χ2n) is 4.63. The molecule has 1 aliphatic rings. The van der Waals surface area contributed by atoms with Gasteiger partial charge in [0.2, 0.25) is 0 Å². The van der Waals surface area contributed by atoms with E-state index in [1.807, 2.05) is 0 Å². The second-order valence-corrected chi connectivity index (χ2v) is 4.63. The largest absolute Gasteiger partial charge is 0.313 e. The number of nitrogens with zero attached hydrogens (tertiary/aromatic N) is 1. The standard InChI is InChI=1S/C12H26N2/c1-4-11(3)13-7-9-14-8-6-12(5-2)10-14/h11-13H,4-10H2,1-3H3. The van der Waals surface area contributed by atoms with Crippen molar-refractivity contribution in [2.24, 2.45) is 5.92 Å². The van der Waals surface area contributed by atoms with Gasteiger partial charge in [-0.2, -0.15) is 0 Å². The third-order valence-corrected chi connectivity index (χ3v) is 3.48. The van der Waals surface area contributed by atoms with E-state index < -0.39 is 0 Å². The molecule has 84 valence electrons. The lowest BCUT2D eigenvalue weighted by atomic mass is 10.1. The molecule has 1 heterocycles. The lowest BCUT2D eigenvalue weighted by Crippen LogP contribution is -2.34. The molecule has 2 heteroatoms. The molecule has 1 saturated heterocycles. The minimum absolute atomic E-state index is 0.680. The summed E-state index contributed by atoms with van der Waals surface area (Å²) in [5.74, 6) is 0.971. The van der Waals surface area contributed by atoms with Crippen LogP contribution in [-0.2, 0) is 0 Å². The van der Waals surface area contributed by atoms with Crippen molar-refractivity contribution in [3.63, 3.8) is 0 Å². The van der Waals surface area contributed by atoms with Crippen LogP contribution in [0.3, 0.4) is 0 Å². The Bertz CT molecular complexity index is 147. The van der Waals surface area contributed by atoms with Crippen molar-refractivity contribution in [3.05, 3.63) is 0 Å². The summed E-state index contributed by atoms with van der Waals surface area (Å²) < 4.78 is 0. The summed E-state index contributed by atoms with van der Waals surface area (Å²) in [6.07, 6.45) is 4.01. The monoisotopic (exact) mass is 198 g/mol. The van der Waals surface area contributed by atoms with E-state index in [0.29, 0.717) is 6.04 Å². The molecule has 0 aromatic carbocycles. The van der Waals surface area contributed by atoms with Crippen molar-refractivity contribution in [2.45, 2.75) is 46.1 Å². The highest BCUT2D eigenvalue weighted by Crippen LogP contribution is 2.17. The molecule has 0 saturated carbocycles. The maximum atomic E-state index is 3.55. The lowest BCUT2D eigenvalue weighted by molar-refractivity contribution is 0.314. The summed E-state index contributed by atoms with van der Waals surface area (Å²) in [5.41, 5.74) is 0. The molecule has 0 aromatic rings. The van der Waals surface area contributed by atoms with E-state index in [1.165, 1.54) is 38.9 Å². The first-order valence-electron chi connectivity index (χ1n) is 6.22. The van der Waals surface area contributed by atoms with Crippen molar-refractivity contribution >= 4 is 0 Å². The van der Waals surface area contributed by atoms with Gasteiger partial charge in [-0.3, -0.25) is 0 Å². The first kappa shape index (κ1) is 12.0. The third kappa shape index (κ3) is 3.97. The van der Waals surface area contributed by atoms with Crippen LogP contribution in [-0.4, -0.2) is 37.1 Å². The highest BCUT2D eigenvalue weighted by molar-refractivity contribution is 4.75. The molecule has 1 rings (SSSR count). The van der Waals surface area contributed by atoms with E-state index >= 15 is 0 Å². The van der Waals surface area contributed by atoms with Crippen molar-refractivity contribution in [1.29, 1.82) is 0 Å². The van der Waals surface area contributed by atoms with Crippen molar-refractivity contribution < 1.29 is 0 Å². The van der Waals surface area contributed by atoms with Crippen LogP contribution >= 0.6 is 0 Å². The predicted molar refractivity (Wildman–Crippen MR) is 62.6 cm³/mol. The zero-order chi connectivity index (χ0) is 10.4. The van der Waals surface area contributed by atoms with Crippen LogP contribution < -0.4 is 5.32 Å². The Balaban J connectivity index is 2.03. The summed E-state index contributed by atoms with van der Waals surface area (Å²) >= 11 is 0. The fraction of sp³-hybridized carbons (Fsp3) is 1.00. The Hall–Kier alpha value is -0.0800. The van der Waals surface area contributed by atoms with Crippen LogP contribution in [0.25, 0.3) is 0 Å². The van der Waals surface area contributed by atoms with E-state index in [4.69, 9.17) is 0 Å². The number of nitrogens with one attached hydrogen (secondary N) is 1. The zero-order valence-corrected chi connectivity index (χ0v) is 10.1. The molecular formula is C12H26N2. The first-order chi connectivity index (χ1) is 6.76. The van der Waals surface area contributed by atoms with Gasteiger partial charge in [0.25, 0.3) is 0 Å². The molecular weight excluding hydrogens is 172 g/mol. The normalized spacial score (nSPS) is 25.5. The number of likely N-dealkylation sites (tertiary alicyclic amines) is 1. The Kier molecular flexibility index (Phi) is 5.49. The number of rotatable bonds is 6. The van der Waals surface area contributed by atoms with Crippen LogP contribution in [0.1, 0.15) is 40.0 Å². The van der Waals surface area contributed by atoms with Crippen molar-refractivity contribution in [3.8, 4) is 0 Å². The summed E-state index contributed by atoms with van der Waals surface area (Å²) in [6, 6.07) is 0.680. The van der Waals surface area contributed by atoms with E-state index in [2.05, 4.69) is 31.0 Å². The lowest BCUT2D eigenvalue weighted by Gasteiger charge is -2.18. The SMILES string of the molecule is CCC1CCN(CCNC(C)CC)C1. The highest BCUT2D eigenvalue weighted by Gasteiger charge is 2.19. The zero-order valence-electron chi connectivity index (χ0n) is 10.1.